The number of piperidine rings is 1. The molecule has 6 nitrogen and oxygen atoms in total. The summed E-state index contributed by atoms with van der Waals surface area (Å²) in [5.74, 6) is 0.186. The van der Waals surface area contributed by atoms with Gasteiger partial charge in [-0.2, -0.15) is 8.42 Å². The highest BCUT2D eigenvalue weighted by Crippen LogP contribution is 2.30. The standard InChI is InChI=1S/C14H19NO2.CH4O3S/c1-2-17-14(16)12-8-9-15-10-13(12)11-6-4-3-5-7-11;1-5(2,3)4/h3-7,12-13,15H,2,8-10H2,1H3;1H3,(H,2,3,4)/t12-,13-;/m0./s1. The van der Waals surface area contributed by atoms with Crippen molar-refractivity contribution in [2.24, 2.45) is 5.92 Å². The zero-order chi connectivity index (χ0) is 16.6. The summed E-state index contributed by atoms with van der Waals surface area (Å²) in [6.45, 7) is 4.07. The SMILES string of the molecule is CCOC(=O)[C@H]1CCNC[C@H]1c1ccccc1.CS(=O)(=O)O. The summed E-state index contributed by atoms with van der Waals surface area (Å²) in [7, 11) is -3.67. The molecule has 1 saturated heterocycles. The molecule has 1 aromatic carbocycles. The van der Waals surface area contributed by atoms with Gasteiger partial charge in [-0.15, -0.1) is 0 Å². The Bertz CT molecular complexity index is 551. The minimum atomic E-state index is -3.67. The maximum absolute atomic E-state index is 11.9. The van der Waals surface area contributed by atoms with Gasteiger partial charge in [0.2, 0.25) is 0 Å². The van der Waals surface area contributed by atoms with Gasteiger partial charge in [0.1, 0.15) is 0 Å². The third-order valence-electron chi connectivity index (χ3n) is 3.30. The minimum Gasteiger partial charge on any atom is -0.466 e. The molecule has 0 radical (unpaired) electrons. The molecule has 2 N–H and O–H groups in total. The first-order valence-corrected chi connectivity index (χ1v) is 9.02. The van der Waals surface area contributed by atoms with Gasteiger partial charge in [-0.3, -0.25) is 9.35 Å². The predicted octanol–water partition coefficient (Wildman–Crippen LogP) is 1.45. The molecule has 0 unspecified atom stereocenters. The molecule has 7 heteroatoms. The second-order valence-corrected chi connectivity index (χ2v) is 6.57. The summed E-state index contributed by atoms with van der Waals surface area (Å²) >= 11 is 0. The van der Waals surface area contributed by atoms with Crippen LogP contribution in [0, 0.1) is 5.92 Å². The van der Waals surface area contributed by atoms with Crippen LogP contribution in [0.4, 0.5) is 0 Å². The van der Waals surface area contributed by atoms with Crippen molar-refractivity contribution in [3.63, 3.8) is 0 Å². The predicted molar refractivity (Wildman–Crippen MR) is 84.3 cm³/mol. The molecular weight excluding hydrogens is 306 g/mol. The molecule has 22 heavy (non-hydrogen) atoms. The fourth-order valence-electron chi connectivity index (χ4n) is 2.44. The van der Waals surface area contributed by atoms with Crippen LogP contribution >= 0.6 is 0 Å². The number of benzene rings is 1. The van der Waals surface area contributed by atoms with Gasteiger partial charge in [-0.25, -0.2) is 0 Å². The van der Waals surface area contributed by atoms with Crippen molar-refractivity contribution in [1.29, 1.82) is 0 Å². The summed E-state index contributed by atoms with van der Waals surface area (Å²) in [5.41, 5.74) is 1.22. The third-order valence-corrected chi connectivity index (χ3v) is 3.30. The molecule has 1 aliphatic heterocycles. The summed E-state index contributed by atoms with van der Waals surface area (Å²) in [6, 6.07) is 10.2. The normalized spacial score (nSPS) is 21.4. The topological polar surface area (TPSA) is 92.7 Å². The maximum Gasteiger partial charge on any atom is 0.309 e. The average Bonchev–Trinajstić information content (AvgIpc) is 2.47. The van der Waals surface area contributed by atoms with Gasteiger partial charge in [-0.05, 0) is 25.5 Å². The van der Waals surface area contributed by atoms with E-state index in [2.05, 4.69) is 17.4 Å². The molecule has 1 heterocycles. The Morgan fingerprint density at radius 3 is 2.50 bits per heavy atom. The van der Waals surface area contributed by atoms with Crippen molar-refractivity contribution in [3.05, 3.63) is 35.9 Å². The van der Waals surface area contributed by atoms with E-state index in [0.717, 1.165) is 19.5 Å². The fraction of sp³-hybridized carbons (Fsp3) is 0.533. The van der Waals surface area contributed by atoms with E-state index in [9.17, 15) is 13.2 Å². The van der Waals surface area contributed by atoms with Crippen molar-refractivity contribution >= 4 is 16.1 Å². The van der Waals surface area contributed by atoms with Crippen molar-refractivity contribution in [1.82, 2.24) is 5.32 Å². The van der Waals surface area contributed by atoms with Crippen molar-refractivity contribution in [2.75, 3.05) is 26.0 Å². The van der Waals surface area contributed by atoms with E-state index in [1.165, 1.54) is 5.56 Å². The highest BCUT2D eigenvalue weighted by Gasteiger charge is 2.32. The Labute approximate surface area is 131 Å². The van der Waals surface area contributed by atoms with E-state index >= 15 is 0 Å². The van der Waals surface area contributed by atoms with E-state index < -0.39 is 10.1 Å². The molecule has 0 saturated carbocycles. The number of hydrogen-bond acceptors (Lipinski definition) is 5. The lowest BCUT2D eigenvalue weighted by molar-refractivity contribution is -0.149. The van der Waals surface area contributed by atoms with Gasteiger partial charge in [0.05, 0.1) is 18.8 Å². The van der Waals surface area contributed by atoms with Crippen LogP contribution in [-0.2, 0) is 19.6 Å². The summed E-state index contributed by atoms with van der Waals surface area (Å²) in [4.78, 5) is 11.9. The lowest BCUT2D eigenvalue weighted by atomic mass is 9.81. The summed E-state index contributed by atoms with van der Waals surface area (Å²) in [6.07, 6.45) is 1.57. The number of ether oxygens (including phenoxy) is 1. The molecule has 0 amide bonds. The molecule has 1 aliphatic rings. The number of carbonyl (C=O) groups is 1. The van der Waals surface area contributed by atoms with Crippen LogP contribution < -0.4 is 5.32 Å². The Kier molecular flexibility index (Phi) is 7.50. The van der Waals surface area contributed by atoms with E-state index in [1.54, 1.807) is 0 Å². The number of hydrogen-bond donors (Lipinski definition) is 2. The molecule has 2 rings (SSSR count). The first-order valence-electron chi connectivity index (χ1n) is 7.17. The Balaban J connectivity index is 0.000000422. The quantitative estimate of drug-likeness (QED) is 0.644. The van der Waals surface area contributed by atoms with Crippen LogP contribution in [0.1, 0.15) is 24.8 Å². The molecule has 0 bridgehead atoms. The second kappa shape index (κ2) is 8.87. The minimum absolute atomic E-state index is 0.00130. The lowest BCUT2D eigenvalue weighted by Crippen LogP contribution is -2.39. The number of rotatable bonds is 3. The van der Waals surface area contributed by atoms with Gasteiger partial charge >= 0.3 is 5.97 Å². The molecule has 1 fully saturated rings. The number of carbonyl (C=O) groups excluding carboxylic acids is 1. The van der Waals surface area contributed by atoms with Crippen LogP contribution in [0.15, 0.2) is 30.3 Å². The number of nitrogens with one attached hydrogen (secondary N) is 1. The van der Waals surface area contributed by atoms with Gasteiger partial charge in [0.15, 0.2) is 0 Å². The average molecular weight is 329 g/mol. The fourth-order valence-corrected chi connectivity index (χ4v) is 2.44. The highest BCUT2D eigenvalue weighted by molar-refractivity contribution is 7.85. The Morgan fingerprint density at radius 1 is 1.36 bits per heavy atom. The molecule has 1 aromatic rings. The Morgan fingerprint density at radius 2 is 1.95 bits per heavy atom. The lowest BCUT2D eigenvalue weighted by Gasteiger charge is -2.30. The molecule has 124 valence electrons. The number of esters is 1. The van der Waals surface area contributed by atoms with Gasteiger partial charge in [0, 0.05) is 12.5 Å². The second-order valence-electron chi connectivity index (χ2n) is 5.10. The van der Waals surface area contributed by atoms with Crippen molar-refractivity contribution < 1.29 is 22.5 Å². The molecule has 2 atom stereocenters. The van der Waals surface area contributed by atoms with Crippen LogP contribution in [0.3, 0.4) is 0 Å². The molecular formula is C15H23NO5S. The first-order chi connectivity index (χ1) is 10.3. The summed E-state index contributed by atoms with van der Waals surface area (Å²) in [5, 5.41) is 3.35. The molecule has 0 spiro atoms. The third kappa shape index (κ3) is 7.02. The van der Waals surface area contributed by atoms with Gasteiger partial charge in [-0.1, -0.05) is 30.3 Å². The van der Waals surface area contributed by atoms with Crippen molar-refractivity contribution in [3.8, 4) is 0 Å². The Hall–Kier alpha value is -1.44. The van der Waals surface area contributed by atoms with E-state index in [-0.39, 0.29) is 17.8 Å². The molecule has 0 aliphatic carbocycles. The largest absolute Gasteiger partial charge is 0.466 e. The first kappa shape index (κ1) is 18.6. The zero-order valence-corrected chi connectivity index (χ0v) is 13.7. The maximum atomic E-state index is 11.9. The molecule has 0 aromatic heterocycles. The smallest absolute Gasteiger partial charge is 0.309 e. The monoisotopic (exact) mass is 329 g/mol. The zero-order valence-electron chi connectivity index (χ0n) is 12.9. The van der Waals surface area contributed by atoms with E-state index in [4.69, 9.17) is 9.29 Å². The van der Waals surface area contributed by atoms with Crippen LogP contribution in [0.5, 0.6) is 0 Å². The van der Waals surface area contributed by atoms with Gasteiger partial charge in [0.25, 0.3) is 10.1 Å². The highest BCUT2D eigenvalue weighted by atomic mass is 32.2. The van der Waals surface area contributed by atoms with Crippen LogP contribution in [0.25, 0.3) is 0 Å². The van der Waals surface area contributed by atoms with Gasteiger partial charge < -0.3 is 10.1 Å². The summed E-state index contributed by atoms with van der Waals surface area (Å²) < 4.78 is 31.0. The van der Waals surface area contributed by atoms with Crippen molar-refractivity contribution in [2.45, 2.75) is 19.3 Å². The van der Waals surface area contributed by atoms with Crippen LogP contribution in [0.2, 0.25) is 0 Å². The van der Waals surface area contributed by atoms with Crippen LogP contribution in [-0.4, -0.2) is 44.9 Å². The van der Waals surface area contributed by atoms with E-state index in [1.807, 2.05) is 25.1 Å². The van der Waals surface area contributed by atoms with E-state index in [0.29, 0.717) is 12.9 Å².